The highest BCUT2D eigenvalue weighted by molar-refractivity contribution is 14.1. The van der Waals surface area contributed by atoms with Gasteiger partial charge in [-0.3, -0.25) is 0 Å². The van der Waals surface area contributed by atoms with E-state index in [1.807, 2.05) is 18.2 Å². The van der Waals surface area contributed by atoms with Crippen molar-refractivity contribution in [2.45, 2.75) is 19.4 Å². The lowest BCUT2D eigenvalue weighted by molar-refractivity contribution is 0.763. The number of rotatable bonds is 4. The van der Waals surface area contributed by atoms with Gasteiger partial charge in [-0.15, -0.1) is 11.3 Å². The number of thiophene rings is 1. The van der Waals surface area contributed by atoms with Gasteiger partial charge in [0.25, 0.3) is 0 Å². The number of benzene rings is 1. The summed E-state index contributed by atoms with van der Waals surface area (Å²) < 4.78 is 1.16. The van der Waals surface area contributed by atoms with Crippen molar-refractivity contribution in [3.05, 3.63) is 49.2 Å². The highest BCUT2D eigenvalue weighted by Crippen LogP contribution is 2.29. The minimum Gasteiger partial charge on any atom is -0.377 e. The van der Waals surface area contributed by atoms with Crippen LogP contribution in [0.3, 0.4) is 0 Å². The van der Waals surface area contributed by atoms with Crippen LogP contribution in [0.25, 0.3) is 0 Å². The van der Waals surface area contributed by atoms with Crippen LogP contribution in [0.15, 0.2) is 35.7 Å². The maximum Gasteiger partial charge on any atom is 0.0604 e. The Morgan fingerprint density at radius 3 is 2.82 bits per heavy atom. The molecule has 1 N–H and O–H groups in total. The first kappa shape index (κ1) is 13.2. The molecule has 1 unspecified atom stereocenters. The molecular formula is C13H13ClINS. The van der Waals surface area contributed by atoms with Crippen LogP contribution in [0.4, 0.5) is 5.69 Å². The van der Waals surface area contributed by atoms with Crippen LogP contribution < -0.4 is 5.32 Å². The molecule has 4 heteroatoms. The van der Waals surface area contributed by atoms with Crippen molar-refractivity contribution in [1.29, 1.82) is 0 Å². The maximum absolute atomic E-state index is 5.96. The van der Waals surface area contributed by atoms with E-state index in [2.05, 4.69) is 52.3 Å². The van der Waals surface area contributed by atoms with Crippen LogP contribution in [0.5, 0.6) is 0 Å². The fourth-order valence-electron chi connectivity index (χ4n) is 1.66. The molecule has 0 radical (unpaired) electrons. The lowest BCUT2D eigenvalue weighted by atomic mass is 10.1. The fraction of sp³-hybridized carbons (Fsp3) is 0.231. The third kappa shape index (κ3) is 3.36. The van der Waals surface area contributed by atoms with Gasteiger partial charge < -0.3 is 5.32 Å². The monoisotopic (exact) mass is 377 g/mol. The minimum atomic E-state index is 0.379. The first-order valence-corrected chi connectivity index (χ1v) is 7.79. The molecule has 0 bridgehead atoms. The van der Waals surface area contributed by atoms with E-state index in [1.54, 1.807) is 11.3 Å². The van der Waals surface area contributed by atoms with E-state index in [1.165, 1.54) is 4.88 Å². The summed E-state index contributed by atoms with van der Waals surface area (Å²) >= 11 is 10.1. The molecule has 90 valence electrons. The van der Waals surface area contributed by atoms with Crippen molar-refractivity contribution in [3.8, 4) is 0 Å². The van der Waals surface area contributed by atoms with Gasteiger partial charge in [-0.1, -0.05) is 24.6 Å². The average molecular weight is 378 g/mol. The van der Waals surface area contributed by atoms with E-state index in [0.29, 0.717) is 6.04 Å². The van der Waals surface area contributed by atoms with Gasteiger partial charge in [-0.05, 0) is 58.7 Å². The number of hydrogen-bond donors (Lipinski definition) is 1. The summed E-state index contributed by atoms with van der Waals surface area (Å²) in [7, 11) is 0. The standard InChI is InChI=1S/C13H13ClINS/c1-2-11(13-4-3-7-17-13)16-12-6-5-9(14)8-10(12)15/h3-8,11,16H,2H2,1H3. The van der Waals surface area contributed by atoms with E-state index < -0.39 is 0 Å². The summed E-state index contributed by atoms with van der Waals surface area (Å²) in [5, 5.41) is 6.47. The SMILES string of the molecule is CCC(Nc1ccc(Cl)cc1I)c1cccs1. The topological polar surface area (TPSA) is 12.0 Å². The van der Waals surface area contributed by atoms with Crippen molar-refractivity contribution in [2.75, 3.05) is 5.32 Å². The molecule has 0 fully saturated rings. The Labute approximate surface area is 124 Å². The smallest absolute Gasteiger partial charge is 0.0604 e. The molecule has 1 heterocycles. The van der Waals surface area contributed by atoms with Crippen LogP contribution >= 0.6 is 45.5 Å². The summed E-state index contributed by atoms with van der Waals surface area (Å²) in [6, 6.07) is 10.6. The van der Waals surface area contributed by atoms with Gasteiger partial charge in [-0.2, -0.15) is 0 Å². The Hall–Kier alpha value is -0.260. The van der Waals surface area contributed by atoms with E-state index in [0.717, 1.165) is 20.7 Å². The Morgan fingerprint density at radius 2 is 2.24 bits per heavy atom. The van der Waals surface area contributed by atoms with Crippen molar-refractivity contribution >= 4 is 51.2 Å². The van der Waals surface area contributed by atoms with Gasteiger partial charge in [0.15, 0.2) is 0 Å². The Bertz CT molecular complexity index is 484. The lowest BCUT2D eigenvalue weighted by Crippen LogP contribution is -2.08. The number of nitrogens with one attached hydrogen (secondary N) is 1. The zero-order valence-electron chi connectivity index (χ0n) is 9.41. The maximum atomic E-state index is 5.96. The second-order valence-corrected chi connectivity index (χ2v) is 6.32. The molecule has 1 nitrogen and oxygen atoms in total. The quantitative estimate of drug-likeness (QED) is 0.687. The summed E-state index contributed by atoms with van der Waals surface area (Å²) in [6.45, 7) is 2.19. The molecule has 2 aromatic rings. The van der Waals surface area contributed by atoms with Gasteiger partial charge in [0, 0.05) is 19.2 Å². The van der Waals surface area contributed by atoms with E-state index >= 15 is 0 Å². The molecule has 1 aromatic carbocycles. The van der Waals surface area contributed by atoms with Crippen LogP contribution in [0.2, 0.25) is 5.02 Å². The second-order valence-electron chi connectivity index (χ2n) is 3.74. The zero-order valence-corrected chi connectivity index (χ0v) is 13.1. The van der Waals surface area contributed by atoms with E-state index in [-0.39, 0.29) is 0 Å². The molecule has 0 saturated heterocycles. The molecular weight excluding hydrogens is 365 g/mol. The van der Waals surface area contributed by atoms with Crippen LogP contribution in [0.1, 0.15) is 24.3 Å². The summed E-state index contributed by atoms with van der Waals surface area (Å²) in [4.78, 5) is 1.37. The Balaban J connectivity index is 2.19. The van der Waals surface area contributed by atoms with E-state index in [9.17, 15) is 0 Å². The highest BCUT2D eigenvalue weighted by atomic mass is 127. The number of anilines is 1. The Kier molecular flexibility index (Phi) is 4.70. The predicted octanol–water partition coefficient (Wildman–Crippen LogP) is 5.57. The first-order chi connectivity index (χ1) is 8.20. The largest absolute Gasteiger partial charge is 0.377 e. The first-order valence-electron chi connectivity index (χ1n) is 5.45. The van der Waals surface area contributed by atoms with Crippen LogP contribution in [-0.4, -0.2) is 0 Å². The molecule has 2 rings (SSSR count). The molecule has 17 heavy (non-hydrogen) atoms. The summed E-state index contributed by atoms with van der Waals surface area (Å²) in [5.74, 6) is 0. The molecule has 0 amide bonds. The molecule has 1 aromatic heterocycles. The molecule has 0 aliphatic heterocycles. The summed E-state index contributed by atoms with van der Waals surface area (Å²) in [6.07, 6.45) is 1.07. The molecule has 0 aliphatic carbocycles. The van der Waals surface area contributed by atoms with Gasteiger partial charge in [0.05, 0.1) is 6.04 Å². The normalized spacial score (nSPS) is 12.4. The third-order valence-electron chi connectivity index (χ3n) is 2.56. The number of hydrogen-bond acceptors (Lipinski definition) is 2. The molecule has 0 spiro atoms. The van der Waals surface area contributed by atoms with Crippen molar-refractivity contribution in [2.24, 2.45) is 0 Å². The highest BCUT2D eigenvalue weighted by Gasteiger charge is 2.11. The average Bonchev–Trinajstić information content (AvgIpc) is 2.81. The van der Waals surface area contributed by atoms with Crippen LogP contribution in [0, 0.1) is 3.57 Å². The minimum absolute atomic E-state index is 0.379. The second kappa shape index (κ2) is 6.07. The lowest BCUT2D eigenvalue weighted by Gasteiger charge is -2.18. The van der Waals surface area contributed by atoms with Gasteiger partial charge in [-0.25, -0.2) is 0 Å². The fourth-order valence-corrected chi connectivity index (χ4v) is 3.55. The van der Waals surface area contributed by atoms with Gasteiger partial charge in [0.1, 0.15) is 0 Å². The Morgan fingerprint density at radius 1 is 1.41 bits per heavy atom. The van der Waals surface area contributed by atoms with E-state index in [4.69, 9.17) is 11.6 Å². The van der Waals surface area contributed by atoms with Gasteiger partial charge >= 0.3 is 0 Å². The zero-order chi connectivity index (χ0) is 12.3. The third-order valence-corrected chi connectivity index (χ3v) is 4.67. The molecule has 0 aliphatic rings. The summed E-state index contributed by atoms with van der Waals surface area (Å²) in [5.41, 5.74) is 1.15. The molecule has 1 atom stereocenters. The van der Waals surface area contributed by atoms with Crippen LogP contribution in [-0.2, 0) is 0 Å². The van der Waals surface area contributed by atoms with Crippen molar-refractivity contribution in [1.82, 2.24) is 0 Å². The molecule has 0 saturated carbocycles. The van der Waals surface area contributed by atoms with Gasteiger partial charge in [0.2, 0.25) is 0 Å². The number of halogens is 2. The van der Waals surface area contributed by atoms with Crippen molar-refractivity contribution in [3.63, 3.8) is 0 Å². The van der Waals surface area contributed by atoms with Crippen molar-refractivity contribution < 1.29 is 0 Å². The predicted molar refractivity (Wildman–Crippen MR) is 85.1 cm³/mol.